The molecule has 0 saturated heterocycles. The Morgan fingerprint density at radius 3 is 0.993 bits per heavy atom. The van der Waals surface area contributed by atoms with Crippen LogP contribution in [0.15, 0.2) is 225 Å². The minimum atomic E-state index is 0.422. The van der Waals surface area contributed by atoms with Crippen molar-refractivity contribution in [1.82, 2.24) is 108 Å². The maximum Gasteiger partial charge on any atom is 0.215 e. The number of rotatable bonds is 6. The number of hydrogen-bond donors (Lipinski definition) is 0. The van der Waals surface area contributed by atoms with Crippen molar-refractivity contribution in [2.75, 3.05) is 0 Å². The molecular weight excluding hydrogens is 1720 g/mol. The van der Waals surface area contributed by atoms with E-state index in [-0.39, 0.29) is 0 Å². The van der Waals surface area contributed by atoms with E-state index in [1.807, 2.05) is 44.0 Å². The van der Waals surface area contributed by atoms with E-state index in [4.69, 9.17) is 29.9 Å². The van der Waals surface area contributed by atoms with E-state index in [0.29, 0.717) is 23.7 Å². The Balaban J connectivity index is 0.0000000950. The van der Waals surface area contributed by atoms with E-state index in [1.54, 1.807) is 0 Å². The predicted molar refractivity (Wildman–Crippen MR) is 575 cm³/mol. The lowest BCUT2D eigenvalue weighted by Crippen LogP contribution is -2.04. The van der Waals surface area contributed by atoms with Gasteiger partial charge in [0.05, 0.1) is 150 Å². The average Bonchev–Trinajstić information content (AvgIpc) is 1.53. The van der Waals surface area contributed by atoms with Crippen molar-refractivity contribution >= 4 is 205 Å². The van der Waals surface area contributed by atoms with Crippen LogP contribution in [-0.4, -0.2) is 108 Å². The molecular formula is C116H113N23. The van der Waals surface area contributed by atoms with E-state index in [2.05, 4.69) is 426 Å². The lowest BCUT2D eigenvalue weighted by atomic mass is 9.88. The van der Waals surface area contributed by atoms with Gasteiger partial charge in [-0.05, 0) is 189 Å². The molecule has 0 radical (unpaired) electrons. The van der Waals surface area contributed by atoms with Crippen molar-refractivity contribution in [3.8, 4) is 22.8 Å². The second-order valence-electron chi connectivity index (χ2n) is 39.8. The maximum absolute atomic E-state index is 5.28. The van der Waals surface area contributed by atoms with Gasteiger partial charge in [-0.3, -0.25) is 22.0 Å². The fraction of sp³-hybridized carbons (Fsp3) is 0.241. The molecule has 0 amide bonds. The lowest BCUT2D eigenvalue weighted by molar-refractivity contribution is 0.827. The average molecular weight is 1830 g/mol. The normalized spacial score (nSPS) is 12.4. The minimum absolute atomic E-state index is 0.422. The van der Waals surface area contributed by atoms with E-state index >= 15 is 0 Å². The standard InChI is InChI=1S/C29H31N5.C25H29N5.C23H20N4.C22H18N4.C17H15N5/c1-16(2)19-11-10-12-20(17(3)4)25(19)28-30-22-15-24-27(18(5)26(22)32(28)6)33(7)29-31-21-13-8-9-14-23(21)34(24)29;1-14(2)17-9-8-10-18(15(3)4)21(17)24-27-19-13-20-23(16(5)22(19)28(24)6)29(7)25-26-11-12-30(20)25;1-13-8-7-11-18-20(13)24-23-26(4)22-14(2)21-16(12-19(22)27(18)23)15-9-5-6-10-17(15)25(21)3;1-13-20-15(14-8-4-6-10-17(14)24(20)2)12-19-21(13)25(3)22-23-16-9-5-7-11-18(16)26(19)22;1-10-15-12(18-9-20(15)2)8-14-16(10)21(3)17-19-11-6-4-5-7-13(11)22(14)17/h8-17H,1-7H3;8-15H,1-7H3;5-12H,1-4H3;4-12H,1-3H3;4-9H,1-3H3. The van der Waals surface area contributed by atoms with Crippen LogP contribution in [0.1, 0.15) is 135 Å². The number of imidazole rings is 13. The zero-order valence-electron chi connectivity index (χ0n) is 83.5. The van der Waals surface area contributed by atoms with Gasteiger partial charge in [0.25, 0.3) is 0 Å². The van der Waals surface area contributed by atoms with Crippen molar-refractivity contribution in [2.45, 2.75) is 121 Å². The molecule has 0 aliphatic rings. The van der Waals surface area contributed by atoms with Gasteiger partial charge in [0, 0.05) is 143 Å². The minimum Gasteiger partial charge on any atom is -0.343 e. The third kappa shape index (κ3) is 12.2. The molecule has 0 bridgehead atoms. The highest BCUT2D eigenvalue weighted by molar-refractivity contribution is 6.17. The van der Waals surface area contributed by atoms with Crippen LogP contribution in [0.3, 0.4) is 0 Å². The Morgan fingerprint density at radius 1 is 0.237 bits per heavy atom. The van der Waals surface area contributed by atoms with Gasteiger partial charge in [-0.1, -0.05) is 177 Å². The number of aromatic nitrogens is 23. The topological polar surface area (TPSA) is 174 Å². The molecule has 0 fully saturated rings. The molecule has 0 saturated carbocycles. The first kappa shape index (κ1) is 85.8. The Bertz CT molecular complexity index is 10000. The summed E-state index contributed by atoms with van der Waals surface area (Å²) in [7, 11) is 21.2. The van der Waals surface area contributed by atoms with Crippen LogP contribution in [0.5, 0.6) is 0 Å². The first-order chi connectivity index (χ1) is 67.0. The Morgan fingerprint density at radius 2 is 0.568 bits per heavy atom. The summed E-state index contributed by atoms with van der Waals surface area (Å²) in [5.74, 6) is 8.68. The van der Waals surface area contributed by atoms with E-state index in [0.717, 1.165) is 112 Å². The second-order valence-corrected chi connectivity index (χ2v) is 39.8. The fourth-order valence-corrected chi connectivity index (χ4v) is 24.1. The molecule has 0 unspecified atom stereocenters. The molecule has 0 aliphatic heterocycles. The van der Waals surface area contributed by atoms with Gasteiger partial charge in [-0.2, -0.15) is 0 Å². The molecule has 15 heterocycles. The molecule has 23 nitrogen and oxygen atoms in total. The molecule has 15 aromatic heterocycles. The van der Waals surface area contributed by atoms with Gasteiger partial charge in [-0.15, -0.1) is 0 Å². The largest absolute Gasteiger partial charge is 0.343 e. The van der Waals surface area contributed by atoms with Crippen LogP contribution >= 0.6 is 0 Å². The summed E-state index contributed by atoms with van der Waals surface area (Å²) in [5, 5.41) is 5.22. The smallest absolute Gasteiger partial charge is 0.215 e. The van der Waals surface area contributed by atoms with Gasteiger partial charge in [-0.25, -0.2) is 39.9 Å². The van der Waals surface area contributed by atoms with Gasteiger partial charge in [0.2, 0.25) is 28.9 Å². The summed E-state index contributed by atoms with van der Waals surface area (Å²) < 4.78 is 33.6. The van der Waals surface area contributed by atoms with Gasteiger partial charge >= 0.3 is 0 Å². The van der Waals surface area contributed by atoms with Crippen molar-refractivity contribution in [3.63, 3.8) is 0 Å². The van der Waals surface area contributed by atoms with Gasteiger partial charge < -0.3 is 45.7 Å². The zero-order valence-corrected chi connectivity index (χ0v) is 83.5. The monoisotopic (exact) mass is 1830 g/mol. The van der Waals surface area contributed by atoms with Crippen molar-refractivity contribution in [2.24, 2.45) is 70.5 Å². The maximum atomic E-state index is 5.28. The zero-order chi connectivity index (χ0) is 96.2. The molecule has 28 rings (SSSR count). The number of benzene rings is 13. The van der Waals surface area contributed by atoms with Crippen LogP contribution < -0.4 is 0 Å². The predicted octanol–water partition coefficient (Wildman–Crippen LogP) is 26.4. The summed E-state index contributed by atoms with van der Waals surface area (Å²) in [6.07, 6.45) is 5.75. The van der Waals surface area contributed by atoms with Crippen molar-refractivity contribution < 1.29 is 0 Å². The summed E-state index contributed by atoms with van der Waals surface area (Å²) in [6.45, 7) is 31.3. The van der Waals surface area contributed by atoms with E-state index in [1.165, 1.54) is 171 Å². The first-order valence-corrected chi connectivity index (χ1v) is 48.4. The summed E-state index contributed by atoms with van der Waals surface area (Å²) in [6, 6.07) is 73.4. The molecule has 23 heteroatoms. The van der Waals surface area contributed by atoms with Gasteiger partial charge in [0.15, 0.2) is 0 Å². The fourth-order valence-electron chi connectivity index (χ4n) is 24.1. The molecule has 0 spiro atoms. The number of aryl methyl sites for hydroxylation is 16. The Labute approximate surface area is 801 Å². The number of nitrogens with zero attached hydrogens (tertiary/aromatic N) is 23. The van der Waals surface area contributed by atoms with Crippen molar-refractivity contribution in [1.29, 1.82) is 0 Å². The van der Waals surface area contributed by atoms with E-state index < -0.39 is 0 Å². The summed E-state index contributed by atoms with van der Waals surface area (Å²) in [5.41, 5.74) is 48.1. The number of fused-ring (bicyclic) bond motifs is 32. The highest BCUT2D eigenvalue weighted by Gasteiger charge is 2.30. The summed E-state index contributed by atoms with van der Waals surface area (Å²) >= 11 is 0. The Kier molecular flexibility index (Phi) is 19.3. The molecule has 0 atom stereocenters. The third-order valence-electron chi connectivity index (χ3n) is 30.4. The van der Waals surface area contributed by atoms with Crippen LogP contribution in [-0.2, 0) is 70.5 Å². The highest BCUT2D eigenvalue weighted by Crippen LogP contribution is 2.46. The Hall–Kier alpha value is -16.0. The third-order valence-corrected chi connectivity index (χ3v) is 30.4. The molecule has 0 N–H and O–H groups in total. The molecule has 692 valence electrons. The van der Waals surface area contributed by atoms with Crippen LogP contribution in [0.25, 0.3) is 228 Å². The number of para-hydroxylation sites is 9. The first-order valence-electron chi connectivity index (χ1n) is 48.4. The molecule has 13 aromatic carbocycles. The second kappa shape index (κ2) is 31.3. The highest BCUT2D eigenvalue weighted by atomic mass is 15.2. The number of hydrogen-bond acceptors (Lipinski definition) is 8. The SMILES string of the molecule is Cc1c2c(cc3c1n(C)c1nc4ccccc4n31)c1ccccc1n2C.Cc1c2c(cc3c1n(C)c1nc4ccccc4n31)nc(-c1c(C(C)C)cccc1C(C)C)n2C.Cc1c2c(cc3c1n(C)c1nc4ccccc4n31)ncn2C.Cc1c2c(cc3c1n(C)c1nccn31)nc(-c1c(C(C)C)cccc1C(C)C)n2C.Cc1cccc2c1nc1n(C)c3c(C)c4c(cc3n21)c1ccccc1n4C. The van der Waals surface area contributed by atoms with Crippen LogP contribution in [0.4, 0.5) is 0 Å². The molecule has 0 aliphatic carbocycles. The molecule has 139 heavy (non-hydrogen) atoms. The summed E-state index contributed by atoms with van der Waals surface area (Å²) in [4.78, 5) is 39.1. The van der Waals surface area contributed by atoms with Crippen molar-refractivity contribution in [3.05, 3.63) is 281 Å². The lowest BCUT2D eigenvalue weighted by Gasteiger charge is -2.19. The van der Waals surface area contributed by atoms with E-state index in [9.17, 15) is 0 Å². The molecule has 28 aromatic rings. The van der Waals surface area contributed by atoms with Crippen LogP contribution in [0, 0.1) is 41.5 Å². The van der Waals surface area contributed by atoms with Gasteiger partial charge in [0.1, 0.15) is 11.6 Å². The quantitative estimate of drug-likeness (QED) is 0.158. The van der Waals surface area contributed by atoms with Crippen LogP contribution in [0.2, 0.25) is 0 Å².